The number of nitrogens with one attached hydrogen (secondary N) is 1. The normalized spacial score (nSPS) is 10.9. The Balaban J connectivity index is 0.00000361. The highest BCUT2D eigenvalue weighted by Gasteiger charge is 2.20. The first-order chi connectivity index (χ1) is 9.01. The van der Waals surface area contributed by atoms with E-state index in [0.29, 0.717) is 6.61 Å². The number of sulfonamides is 1. The highest BCUT2D eigenvalue weighted by Crippen LogP contribution is 2.24. The van der Waals surface area contributed by atoms with E-state index in [4.69, 9.17) is 15.2 Å². The third-order valence-corrected chi connectivity index (χ3v) is 3.66. The van der Waals surface area contributed by atoms with Gasteiger partial charge in [0, 0.05) is 20.2 Å². The van der Waals surface area contributed by atoms with Crippen molar-refractivity contribution < 1.29 is 22.3 Å². The van der Waals surface area contributed by atoms with Crippen LogP contribution < -0.4 is 15.2 Å². The molecule has 1 aromatic rings. The Kier molecular flexibility index (Phi) is 8.67. The maximum Gasteiger partial charge on any atom is 0.244 e. The van der Waals surface area contributed by atoms with Crippen molar-refractivity contribution in [2.45, 2.75) is 4.90 Å². The van der Waals surface area contributed by atoms with Crippen molar-refractivity contribution in [2.24, 2.45) is 5.73 Å². The molecule has 0 heterocycles. The van der Waals surface area contributed by atoms with E-state index in [9.17, 15) is 12.8 Å². The molecule has 0 aliphatic heterocycles. The summed E-state index contributed by atoms with van der Waals surface area (Å²) in [5.41, 5.74) is 5.23. The summed E-state index contributed by atoms with van der Waals surface area (Å²) >= 11 is 0. The molecule has 0 saturated carbocycles. The van der Waals surface area contributed by atoms with Gasteiger partial charge in [0.25, 0.3) is 0 Å². The molecule has 3 N–H and O–H groups in total. The zero-order valence-corrected chi connectivity index (χ0v) is 12.6. The van der Waals surface area contributed by atoms with Crippen LogP contribution in [0, 0.1) is 5.82 Å². The minimum absolute atomic E-state index is 0. The molecule has 0 spiro atoms. The van der Waals surface area contributed by atoms with E-state index >= 15 is 0 Å². The number of hydrogen-bond donors (Lipinski definition) is 2. The van der Waals surface area contributed by atoms with Gasteiger partial charge in [0.2, 0.25) is 10.0 Å². The molecule has 0 amide bonds. The van der Waals surface area contributed by atoms with E-state index in [2.05, 4.69) is 4.72 Å². The topological polar surface area (TPSA) is 90.6 Å². The molecule has 0 atom stereocenters. The molecule has 0 saturated heterocycles. The molecular weight excluding hydrogens is 311 g/mol. The van der Waals surface area contributed by atoms with Crippen LogP contribution in [-0.2, 0) is 14.8 Å². The molecule has 1 rings (SSSR count). The third-order valence-electron chi connectivity index (χ3n) is 2.18. The largest absolute Gasteiger partial charge is 0.490 e. The fraction of sp³-hybridized carbons (Fsp3) is 0.455. The number of rotatable bonds is 8. The molecule has 0 aliphatic rings. The first-order valence-electron chi connectivity index (χ1n) is 5.62. The van der Waals surface area contributed by atoms with Crippen molar-refractivity contribution in [3.63, 3.8) is 0 Å². The summed E-state index contributed by atoms with van der Waals surface area (Å²) in [5.74, 6) is -0.588. The fourth-order valence-corrected chi connectivity index (χ4v) is 2.52. The summed E-state index contributed by atoms with van der Waals surface area (Å²) in [6.45, 7) is 0.680. The lowest BCUT2D eigenvalue weighted by molar-refractivity contribution is 0.144. The predicted octanol–water partition coefficient (Wildman–Crippen LogP) is 0.510. The van der Waals surface area contributed by atoms with Gasteiger partial charge in [-0.2, -0.15) is 0 Å². The number of nitrogens with two attached hydrogens (primary N) is 1. The van der Waals surface area contributed by atoms with Crippen molar-refractivity contribution in [3.8, 4) is 5.75 Å². The molecule has 20 heavy (non-hydrogen) atoms. The van der Waals surface area contributed by atoms with Crippen molar-refractivity contribution in [1.82, 2.24) is 4.72 Å². The monoisotopic (exact) mass is 328 g/mol. The summed E-state index contributed by atoms with van der Waals surface area (Å²) in [7, 11) is -2.35. The van der Waals surface area contributed by atoms with Gasteiger partial charge >= 0.3 is 0 Å². The summed E-state index contributed by atoms with van der Waals surface area (Å²) < 4.78 is 49.4. The molecule has 0 fully saturated rings. The number of benzene rings is 1. The van der Waals surface area contributed by atoms with Crippen LogP contribution in [0.4, 0.5) is 4.39 Å². The minimum Gasteiger partial charge on any atom is -0.490 e. The standard InChI is InChI=1S/C11H17FN2O4S.ClH/c1-17-6-7-18-10-3-2-9(12)8-11(10)19(15,16)14-5-4-13;/h2-3,8,14H,4-7,13H2,1H3;1H. The summed E-state index contributed by atoms with van der Waals surface area (Å²) in [4.78, 5) is -0.253. The van der Waals surface area contributed by atoms with Crippen molar-refractivity contribution >= 4 is 22.4 Å². The molecule has 6 nitrogen and oxygen atoms in total. The van der Waals surface area contributed by atoms with E-state index < -0.39 is 15.8 Å². The summed E-state index contributed by atoms with van der Waals surface area (Å²) in [6.07, 6.45) is 0. The molecule has 0 radical (unpaired) electrons. The van der Waals surface area contributed by atoms with E-state index in [1.165, 1.54) is 13.2 Å². The number of hydrogen-bond acceptors (Lipinski definition) is 5. The lowest BCUT2D eigenvalue weighted by Gasteiger charge is -2.12. The van der Waals surface area contributed by atoms with Crippen LogP contribution in [0.5, 0.6) is 5.75 Å². The Labute approximate surface area is 123 Å². The van der Waals surface area contributed by atoms with Crippen molar-refractivity contribution in [3.05, 3.63) is 24.0 Å². The Morgan fingerprint density at radius 1 is 1.35 bits per heavy atom. The van der Waals surface area contributed by atoms with Crippen LogP contribution in [0.3, 0.4) is 0 Å². The van der Waals surface area contributed by atoms with Crippen LogP contribution in [-0.4, -0.2) is 41.8 Å². The SMILES string of the molecule is COCCOc1ccc(F)cc1S(=O)(=O)NCCN.Cl. The Morgan fingerprint density at radius 2 is 2.05 bits per heavy atom. The second-order valence-corrected chi connectivity index (χ2v) is 5.35. The van der Waals surface area contributed by atoms with Crippen molar-refractivity contribution in [1.29, 1.82) is 0 Å². The number of halogens is 2. The van der Waals surface area contributed by atoms with Gasteiger partial charge in [-0.15, -0.1) is 12.4 Å². The summed E-state index contributed by atoms with van der Waals surface area (Å²) in [6, 6.07) is 3.30. The number of ether oxygens (including phenoxy) is 2. The van der Waals surface area contributed by atoms with E-state index in [1.54, 1.807) is 0 Å². The van der Waals surface area contributed by atoms with Gasteiger partial charge in [-0.05, 0) is 18.2 Å². The molecule has 0 unspecified atom stereocenters. The van der Waals surface area contributed by atoms with Gasteiger partial charge in [0.15, 0.2) is 0 Å². The highest BCUT2D eigenvalue weighted by atomic mass is 35.5. The van der Waals surface area contributed by atoms with Crippen LogP contribution in [0.2, 0.25) is 0 Å². The fourth-order valence-electron chi connectivity index (χ4n) is 1.32. The van der Waals surface area contributed by atoms with Gasteiger partial charge in [0.05, 0.1) is 6.61 Å². The van der Waals surface area contributed by atoms with Crippen LogP contribution in [0.25, 0.3) is 0 Å². The van der Waals surface area contributed by atoms with Crippen LogP contribution in [0.1, 0.15) is 0 Å². The predicted molar refractivity (Wildman–Crippen MR) is 75.3 cm³/mol. The molecule has 0 aromatic heterocycles. The number of methoxy groups -OCH3 is 1. The minimum atomic E-state index is -3.85. The van der Waals surface area contributed by atoms with Gasteiger partial charge in [-0.25, -0.2) is 17.5 Å². The second-order valence-electron chi connectivity index (χ2n) is 3.62. The first-order valence-corrected chi connectivity index (χ1v) is 7.10. The van der Waals surface area contributed by atoms with Gasteiger partial charge in [-0.3, -0.25) is 0 Å². The third kappa shape index (κ3) is 5.59. The van der Waals surface area contributed by atoms with Crippen LogP contribution >= 0.6 is 12.4 Å². The zero-order chi connectivity index (χ0) is 14.3. The lowest BCUT2D eigenvalue weighted by atomic mass is 10.3. The maximum absolute atomic E-state index is 13.2. The average Bonchev–Trinajstić information content (AvgIpc) is 2.38. The highest BCUT2D eigenvalue weighted by molar-refractivity contribution is 7.89. The average molecular weight is 329 g/mol. The Morgan fingerprint density at radius 3 is 2.65 bits per heavy atom. The molecule has 0 aliphatic carbocycles. The quantitative estimate of drug-likeness (QED) is 0.679. The van der Waals surface area contributed by atoms with Gasteiger partial charge in [-0.1, -0.05) is 0 Å². The lowest BCUT2D eigenvalue weighted by Crippen LogP contribution is -2.29. The maximum atomic E-state index is 13.2. The Hall–Kier alpha value is -0.930. The van der Waals surface area contributed by atoms with Crippen molar-refractivity contribution in [2.75, 3.05) is 33.4 Å². The summed E-state index contributed by atoms with van der Waals surface area (Å²) in [5, 5.41) is 0. The van der Waals surface area contributed by atoms with E-state index in [0.717, 1.165) is 12.1 Å². The van der Waals surface area contributed by atoms with Gasteiger partial charge < -0.3 is 15.2 Å². The smallest absolute Gasteiger partial charge is 0.244 e. The molecule has 1 aromatic carbocycles. The molecule has 9 heteroatoms. The molecule has 0 bridgehead atoms. The zero-order valence-electron chi connectivity index (χ0n) is 11.0. The second kappa shape index (κ2) is 9.09. The Bertz CT molecular complexity index is 513. The van der Waals surface area contributed by atoms with Gasteiger partial charge in [0.1, 0.15) is 23.1 Å². The first kappa shape index (κ1) is 19.1. The molecule has 116 valence electrons. The van der Waals surface area contributed by atoms with Crippen LogP contribution in [0.15, 0.2) is 23.1 Å². The van der Waals surface area contributed by atoms with E-state index in [1.807, 2.05) is 0 Å². The van der Waals surface area contributed by atoms with E-state index in [-0.39, 0.29) is 42.7 Å². The molecular formula is C11H18ClFN2O4S.